The second-order valence-corrected chi connectivity index (χ2v) is 20.2. The molecule has 2 unspecified atom stereocenters. The molecule has 20 nitrogen and oxygen atoms in total. The Bertz CT molecular complexity index is 3130. The van der Waals surface area contributed by atoms with Gasteiger partial charge in [0.15, 0.2) is 22.9 Å². The van der Waals surface area contributed by atoms with Crippen LogP contribution in [0.2, 0.25) is 0 Å². The number of ether oxygens (including phenoxy) is 3. The van der Waals surface area contributed by atoms with E-state index in [1.807, 2.05) is 24.5 Å². The number of sulfonamides is 2. The average molecular weight is 966 g/mol. The first-order valence-corrected chi connectivity index (χ1v) is 25.0. The van der Waals surface area contributed by atoms with Crippen LogP contribution in [0, 0.1) is 31.2 Å². The van der Waals surface area contributed by atoms with Crippen molar-refractivity contribution in [2.75, 3.05) is 43.3 Å². The molecule has 1 aliphatic rings. The SMILES string of the molecule is CCn1c(-c2cccc(NS(C)(=O)=O)c2)nn2c(C)c(C(=O)OC3C(C)CC(C)CC3C)c(SOOC)c12.[C-]#[N+]c1c(C(=O)OC)c(=C)n2nc(-c3ccc(OC)c(NS(C)(=O)=O)c3)nc12. The third-order valence-corrected chi connectivity index (χ3v) is 12.9. The van der Waals surface area contributed by atoms with Crippen molar-refractivity contribution in [2.45, 2.75) is 65.0 Å². The Morgan fingerprint density at radius 1 is 0.924 bits per heavy atom. The molecule has 66 heavy (non-hydrogen) atoms. The van der Waals surface area contributed by atoms with Crippen molar-refractivity contribution >= 4 is 79.0 Å². The molecule has 4 aromatic heterocycles. The van der Waals surface area contributed by atoms with Crippen LogP contribution in [0.5, 0.6) is 5.75 Å². The maximum absolute atomic E-state index is 13.6. The summed E-state index contributed by atoms with van der Waals surface area (Å²) in [7, 11) is -2.95. The van der Waals surface area contributed by atoms with Gasteiger partial charge >= 0.3 is 11.9 Å². The number of aromatic nitrogens is 6. The molecule has 1 fully saturated rings. The molecule has 0 aliphatic heterocycles. The Kier molecular flexibility index (Phi) is 14.7. The number of methoxy groups -OCH3 is 2. The second-order valence-electron chi connectivity index (χ2n) is 16.0. The molecule has 6 aromatic rings. The maximum Gasteiger partial charge on any atom is 0.341 e. The minimum atomic E-state index is -3.54. The number of carbonyl (C=O) groups is 2. The molecule has 0 saturated heterocycles. The standard InChI is InChI=1S/C26H36N4O6S2.C17H15N5O5S/c1-8-29-24(19-10-9-11-20(14-19)28-38(7,32)33)27-30-18(5)21(23(25(29)30)37-36-34-6)26(31)35-22-16(3)12-15(2)13-17(22)4;1-9-13(17(23)27-4)14(18-2)16-19-15(20-22(9)16)10-6-7-12(26-3)11(8-10)21-28(5,24)25/h9-11,14-17,22,28H,8,12-13H2,1-7H3;6-8,21H,1H2,3-5H3. The molecule has 0 radical (unpaired) electrons. The van der Waals surface area contributed by atoms with Crippen LogP contribution in [0.15, 0.2) is 47.4 Å². The number of aryl methyl sites for hydroxylation is 2. The summed E-state index contributed by atoms with van der Waals surface area (Å²) in [4.78, 5) is 38.7. The van der Waals surface area contributed by atoms with Gasteiger partial charge in [-0.15, -0.1) is 10.2 Å². The quantitative estimate of drug-likeness (QED) is 0.0387. The Hall–Kier alpha value is -6.19. The van der Waals surface area contributed by atoms with Crippen LogP contribution >= 0.6 is 12.0 Å². The van der Waals surface area contributed by atoms with Gasteiger partial charge in [-0.3, -0.25) is 9.44 Å². The summed E-state index contributed by atoms with van der Waals surface area (Å²) in [6.07, 6.45) is 4.00. The largest absolute Gasteiger partial charge is 0.495 e. The van der Waals surface area contributed by atoms with E-state index in [-0.39, 0.29) is 51.7 Å². The van der Waals surface area contributed by atoms with Crippen LogP contribution in [-0.4, -0.2) is 97.5 Å². The molecule has 0 spiro atoms. The van der Waals surface area contributed by atoms with Crippen molar-refractivity contribution in [1.29, 1.82) is 0 Å². The van der Waals surface area contributed by atoms with Crippen LogP contribution in [0.3, 0.4) is 0 Å². The Morgan fingerprint density at radius 2 is 1.61 bits per heavy atom. The molecular formula is C43H51N9O11S3. The van der Waals surface area contributed by atoms with Crippen molar-refractivity contribution in [3.05, 3.63) is 76.1 Å². The summed E-state index contributed by atoms with van der Waals surface area (Å²) < 4.78 is 77.7. The molecule has 7 rings (SSSR count). The van der Waals surface area contributed by atoms with Gasteiger partial charge in [0, 0.05) is 23.4 Å². The number of nitrogens with zero attached hydrogens (tertiary/aromatic N) is 7. The second kappa shape index (κ2) is 19.7. The van der Waals surface area contributed by atoms with Gasteiger partial charge in [-0.05, 0) is 74.8 Å². The summed E-state index contributed by atoms with van der Waals surface area (Å²) in [5.41, 5.74) is 3.67. The molecule has 352 valence electrons. The molecule has 4 heterocycles. The molecule has 2 atom stereocenters. The van der Waals surface area contributed by atoms with Crippen molar-refractivity contribution in [1.82, 2.24) is 28.8 Å². The van der Waals surface area contributed by atoms with Crippen molar-refractivity contribution in [3.63, 3.8) is 0 Å². The highest BCUT2D eigenvalue weighted by Crippen LogP contribution is 2.40. The summed E-state index contributed by atoms with van der Waals surface area (Å²) in [6, 6.07) is 11.7. The van der Waals surface area contributed by atoms with E-state index in [0.29, 0.717) is 57.1 Å². The zero-order chi connectivity index (χ0) is 48.4. The fraction of sp³-hybridized carbons (Fsp3) is 0.395. The first-order valence-electron chi connectivity index (χ1n) is 20.5. The average Bonchev–Trinajstić information content (AvgIpc) is 3.99. The topological polar surface area (TPSA) is 229 Å². The van der Waals surface area contributed by atoms with E-state index in [0.717, 1.165) is 43.0 Å². The van der Waals surface area contributed by atoms with E-state index < -0.39 is 32.0 Å². The number of hydrogen-bond donors (Lipinski definition) is 2. The number of nitrogens with one attached hydrogen (secondary N) is 2. The van der Waals surface area contributed by atoms with E-state index in [9.17, 15) is 26.4 Å². The van der Waals surface area contributed by atoms with Crippen LogP contribution < -0.4 is 19.5 Å². The molecular weight excluding hydrogens is 915 g/mol. The summed E-state index contributed by atoms with van der Waals surface area (Å²) in [6.45, 7) is 22.0. The van der Waals surface area contributed by atoms with Gasteiger partial charge in [-0.1, -0.05) is 39.5 Å². The number of hydrogen-bond acceptors (Lipinski definition) is 15. The van der Waals surface area contributed by atoms with Gasteiger partial charge in [-0.25, -0.2) is 50.2 Å². The van der Waals surface area contributed by atoms with Crippen molar-refractivity contribution < 1.29 is 49.9 Å². The van der Waals surface area contributed by atoms with Crippen LogP contribution in [0.1, 0.15) is 66.9 Å². The predicted octanol–water partition coefficient (Wildman–Crippen LogP) is 6.56. The Morgan fingerprint density at radius 3 is 2.20 bits per heavy atom. The van der Waals surface area contributed by atoms with Crippen LogP contribution in [-0.2, 0) is 45.3 Å². The highest BCUT2D eigenvalue weighted by atomic mass is 32.2. The fourth-order valence-corrected chi connectivity index (χ4v) is 10.2. The maximum atomic E-state index is 13.6. The van der Waals surface area contributed by atoms with E-state index in [4.69, 9.17) is 35.1 Å². The van der Waals surface area contributed by atoms with Crippen molar-refractivity contribution in [2.24, 2.45) is 17.8 Å². The summed E-state index contributed by atoms with van der Waals surface area (Å²) in [5, 5.41) is 9.31. The lowest BCUT2D eigenvalue weighted by molar-refractivity contribution is -0.160. The van der Waals surface area contributed by atoms with Gasteiger partial charge in [0.25, 0.3) is 0 Å². The molecule has 0 bridgehead atoms. The zero-order valence-corrected chi connectivity index (χ0v) is 40.5. The number of rotatable bonds is 14. The van der Waals surface area contributed by atoms with E-state index in [1.54, 1.807) is 34.8 Å². The molecule has 0 amide bonds. The zero-order valence-electron chi connectivity index (χ0n) is 38.0. The first-order chi connectivity index (χ1) is 31.1. The van der Waals surface area contributed by atoms with Gasteiger partial charge in [0.05, 0.1) is 79.6 Å². The predicted molar refractivity (Wildman–Crippen MR) is 249 cm³/mol. The number of esters is 2. The van der Waals surface area contributed by atoms with E-state index in [1.165, 1.54) is 31.9 Å². The number of benzene rings is 2. The summed E-state index contributed by atoms with van der Waals surface area (Å²) in [5.74, 6) is 1.19. The van der Waals surface area contributed by atoms with E-state index in [2.05, 4.69) is 51.7 Å². The molecule has 2 aromatic carbocycles. The third kappa shape index (κ3) is 10.3. The molecule has 23 heteroatoms. The van der Waals surface area contributed by atoms with Gasteiger partial charge in [0.2, 0.25) is 25.7 Å². The number of anilines is 2. The minimum absolute atomic E-state index is 0.00760. The smallest absolute Gasteiger partial charge is 0.341 e. The first kappa shape index (κ1) is 49.2. The Labute approximate surface area is 386 Å². The third-order valence-electron chi connectivity index (χ3n) is 10.9. The highest BCUT2D eigenvalue weighted by Gasteiger charge is 2.37. The van der Waals surface area contributed by atoms with Gasteiger partial charge in [0.1, 0.15) is 17.4 Å². The number of fused-ring (bicyclic) bond motifs is 2. The molecule has 1 saturated carbocycles. The lowest BCUT2D eigenvalue weighted by Gasteiger charge is -2.37. The Balaban J connectivity index is 0.000000229. The van der Waals surface area contributed by atoms with E-state index >= 15 is 0 Å². The number of carbonyl (C=O) groups excluding carboxylic acids is 2. The van der Waals surface area contributed by atoms with Crippen LogP contribution in [0.25, 0.3) is 45.5 Å². The normalized spacial score (nSPS) is 17.5. The minimum Gasteiger partial charge on any atom is -0.495 e. The lowest BCUT2D eigenvalue weighted by Crippen LogP contribution is -2.37. The molecule has 1 aliphatic carbocycles. The van der Waals surface area contributed by atoms with Gasteiger partial charge in [-0.2, -0.15) is 4.33 Å². The fourth-order valence-electron chi connectivity index (χ4n) is 8.37. The summed E-state index contributed by atoms with van der Waals surface area (Å²) >= 11 is 0.942. The van der Waals surface area contributed by atoms with Gasteiger partial charge < -0.3 is 18.8 Å². The lowest BCUT2D eigenvalue weighted by atomic mass is 9.75. The monoisotopic (exact) mass is 965 g/mol. The highest BCUT2D eigenvalue weighted by molar-refractivity contribution is 7.95. The van der Waals surface area contributed by atoms with Crippen molar-refractivity contribution in [3.8, 4) is 28.5 Å². The molecule has 2 N–H and O–H groups in total. The van der Waals surface area contributed by atoms with Crippen LogP contribution in [0.4, 0.5) is 17.1 Å².